The van der Waals surface area contributed by atoms with Crippen LogP contribution in [0.5, 0.6) is 0 Å². The Balaban J connectivity index is 1.59. The Morgan fingerprint density at radius 2 is 1.96 bits per heavy atom. The van der Waals surface area contributed by atoms with Crippen molar-refractivity contribution in [2.75, 3.05) is 10.6 Å². The third kappa shape index (κ3) is 3.24. The van der Waals surface area contributed by atoms with E-state index in [4.69, 9.17) is 4.65 Å². The van der Waals surface area contributed by atoms with Crippen LogP contribution in [0.15, 0.2) is 48.7 Å². The van der Waals surface area contributed by atoms with Crippen LogP contribution in [-0.4, -0.2) is 22.1 Å². The Morgan fingerprint density at radius 1 is 1.15 bits per heavy atom. The van der Waals surface area contributed by atoms with Crippen LogP contribution in [0.25, 0.3) is 0 Å². The predicted octanol–water partition coefficient (Wildman–Crippen LogP) is 2.63. The molecule has 26 heavy (non-hydrogen) atoms. The van der Waals surface area contributed by atoms with Crippen LogP contribution in [0.3, 0.4) is 0 Å². The van der Waals surface area contributed by atoms with Gasteiger partial charge in [0.25, 0.3) is 0 Å². The van der Waals surface area contributed by atoms with Crippen molar-refractivity contribution in [2.24, 2.45) is 0 Å². The summed E-state index contributed by atoms with van der Waals surface area (Å²) >= 11 is 0. The number of aromatic nitrogens is 2. The fourth-order valence-electron chi connectivity index (χ4n) is 2.81. The second-order valence-electron chi connectivity index (χ2n) is 6.04. The molecule has 0 unspecified atom stereocenters. The summed E-state index contributed by atoms with van der Waals surface area (Å²) < 4.78 is 19.3. The van der Waals surface area contributed by atoms with Crippen LogP contribution in [-0.2, 0) is 11.3 Å². The number of para-hydroxylation sites is 1. The van der Waals surface area contributed by atoms with Crippen LogP contribution < -0.4 is 16.1 Å². The summed E-state index contributed by atoms with van der Waals surface area (Å²) in [5.74, 6) is 0.478. The fraction of sp³-hybridized carbons (Fsp3) is 0.111. The highest BCUT2D eigenvalue weighted by Crippen LogP contribution is 2.23. The highest BCUT2D eigenvalue weighted by Gasteiger charge is 2.31. The van der Waals surface area contributed by atoms with Gasteiger partial charge >= 0.3 is 7.12 Å². The van der Waals surface area contributed by atoms with Gasteiger partial charge in [-0.25, -0.2) is 9.37 Å². The monoisotopic (exact) mass is 350 g/mol. The maximum atomic E-state index is 14.2. The summed E-state index contributed by atoms with van der Waals surface area (Å²) in [5.41, 5.74) is 3.08. The van der Waals surface area contributed by atoms with Crippen molar-refractivity contribution >= 4 is 35.7 Å². The van der Waals surface area contributed by atoms with Gasteiger partial charge in [-0.05, 0) is 36.8 Å². The Bertz CT molecular complexity index is 955. The zero-order valence-electron chi connectivity index (χ0n) is 14.0. The molecule has 0 atom stereocenters. The first kappa shape index (κ1) is 16.5. The molecule has 130 valence electrons. The molecule has 1 aliphatic rings. The summed E-state index contributed by atoms with van der Waals surface area (Å²) in [5, 5.41) is 15.9. The molecule has 0 amide bonds. The van der Waals surface area contributed by atoms with Crippen molar-refractivity contribution in [3.8, 4) is 0 Å². The summed E-state index contributed by atoms with van der Waals surface area (Å²) in [4.78, 5) is 8.71. The Kier molecular flexibility index (Phi) is 4.28. The Labute approximate surface area is 150 Å². The molecular formula is C18H16BFN4O2. The minimum atomic E-state index is -1.21. The highest BCUT2D eigenvalue weighted by atomic mass is 19.1. The molecule has 0 saturated carbocycles. The summed E-state index contributed by atoms with van der Waals surface area (Å²) in [6.07, 6.45) is 1.69. The van der Waals surface area contributed by atoms with E-state index in [1.165, 1.54) is 6.07 Å². The topological polar surface area (TPSA) is 79.3 Å². The van der Waals surface area contributed by atoms with Gasteiger partial charge in [0, 0.05) is 28.6 Å². The number of nitrogens with one attached hydrogen (secondary N) is 2. The molecule has 2 aromatic carbocycles. The van der Waals surface area contributed by atoms with Crippen molar-refractivity contribution in [2.45, 2.75) is 13.5 Å². The van der Waals surface area contributed by atoms with Gasteiger partial charge in [0.15, 0.2) is 0 Å². The molecule has 0 bridgehead atoms. The molecule has 6 nitrogen and oxygen atoms in total. The third-order valence-corrected chi connectivity index (χ3v) is 4.12. The summed E-state index contributed by atoms with van der Waals surface area (Å²) in [7, 11) is -1.21. The van der Waals surface area contributed by atoms with Gasteiger partial charge in [0.2, 0.25) is 5.95 Å². The normalized spacial score (nSPS) is 12.8. The SMILES string of the molecule is Cc1cnc(Nc2cc(F)c3c(c2)COB3O)nc1Nc1ccccc1. The number of hydrogen-bond acceptors (Lipinski definition) is 6. The molecule has 4 rings (SSSR count). The van der Waals surface area contributed by atoms with E-state index < -0.39 is 12.9 Å². The van der Waals surface area contributed by atoms with E-state index in [0.29, 0.717) is 23.0 Å². The predicted molar refractivity (Wildman–Crippen MR) is 98.6 cm³/mol. The molecule has 2 heterocycles. The first-order valence-corrected chi connectivity index (χ1v) is 8.15. The number of aryl methyl sites for hydroxylation is 1. The molecule has 3 aromatic rings. The zero-order valence-corrected chi connectivity index (χ0v) is 14.0. The van der Waals surface area contributed by atoms with Crippen molar-refractivity contribution < 1.29 is 14.1 Å². The molecule has 3 N–H and O–H groups in total. The molecule has 0 saturated heterocycles. The molecule has 0 radical (unpaired) electrons. The third-order valence-electron chi connectivity index (χ3n) is 4.12. The number of nitrogens with zero attached hydrogens (tertiary/aromatic N) is 2. The number of benzene rings is 2. The lowest BCUT2D eigenvalue weighted by Crippen LogP contribution is -2.31. The molecule has 0 aliphatic carbocycles. The van der Waals surface area contributed by atoms with E-state index in [-0.39, 0.29) is 12.1 Å². The minimum Gasteiger partial charge on any atom is -0.423 e. The first-order chi connectivity index (χ1) is 12.6. The van der Waals surface area contributed by atoms with E-state index in [0.717, 1.165) is 11.3 Å². The molecular weight excluding hydrogens is 334 g/mol. The molecule has 1 aliphatic heterocycles. The zero-order chi connectivity index (χ0) is 18.1. The van der Waals surface area contributed by atoms with E-state index in [9.17, 15) is 9.41 Å². The van der Waals surface area contributed by atoms with Gasteiger partial charge in [-0.3, -0.25) is 0 Å². The maximum Gasteiger partial charge on any atom is 0.494 e. The molecule has 0 fully saturated rings. The maximum absolute atomic E-state index is 14.2. The highest BCUT2D eigenvalue weighted by molar-refractivity contribution is 6.61. The van der Waals surface area contributed by atoms with Gasteiger partial charge in [-0.1, -0.05) is 18.2 Å². The smallest absolute Gasteiger partial charge is 0.423 e. The van der Waals surface area contributed by atoms with Gasteiger partial charge < -0.3 is 20.3 Å². The van der Waals surface area contributed by atoms with Gasteiger partial charge in [-0.2, -0.15) is 4.98 Å². The number of rotatable bonds is 4. The second-order valence-corrected chi connectivity index (χ2v) is 6.04. The van der Waals surface area contributed by atoms with E-state index >= 15 is 0 Å². The van der Waals surface area contributed by atoms with E-state index in [1.807, 2.05) is 37.3 Å². The van der Waals surface area contributed by atoms with Gasteiger partial charge in [0.05, 0.1) is 6.61 Å². The van der Waals surface area contributed by atoms with Crippen LogP contribution in [0.2, 0.25) is 0 Å². The van der Waals surface area contributed by atoms with Crippen molar-refractivity contribution in [1.29, 1.82) is 0 Å². The van der Waals surface area contributed by atoms with Gasteiger partial charge in [0.1, 0.15) is 11.6 Å². The number of halogens is 1. The van der Waals surface area contributed by atoms with Crippen LogP contribution >= 0.6 is 0 Å². The summed E-state index contributed by atoms with van der Waals surface area (Å²) in [6, 6.07) is 12.7. The lowest BCUT2D eigenvalue weighted by Gasteiger charge is -2.12. The van der Waals surface area contributed by atoms with Crippen molar-refractivity contribution in [3.63, 3.8) is 0 Å². The quantitative estimate of drug-likeness (QED) is 0.628. The number of hydrogen-bond donors (Lipinski definition) is 3. The van der Waals surface area contributed by atoms with Crippen LogP contribution in [0.4, 0.5) is 27.5 Å². The lowest BCUT2D eigenvalue weighted by atomic mass is 9.79. The Hall–Kier alpha value is -2.97. The molecule has 0 spiro atoms. The van der Waals surface area contributed by atoms with Gasteiger partial charge in [-0.15, -0.1) is 0 Å². The van der Waals surface area contributed by atoms with Crippen molar-refractivity contribution in [1.82, 2.24) is 9.97 Å². The fourth-order valence-corrected chi connectivity index (χ4v) is 2.81. The molecule has 1 aromatic heterocycles. The number of fused-ring (bicyclic) bond motifs is 1. The Morgan fingerprint density at radius 3 is 2.77 bits per heavy atom. The average Bonchev–Trinajstić information content (AvgIpc) is 3.00. The van der Waals surface area contributed by atoms with E-state index in [1.54, 1.807) is 12.3 Å². The second kappa shape index (κ2) is 6.74. The van der Waals surface area contributed by atoms with Crippen LogP contribution in [0, 0.1) is 12.7 Å². The summed E-state index contributed by atoms with van der Waals surface area (Å²) in [6.45, 7) is 2.07. The van der Waals surface area contributed by atoms with E-state index in [2.05, 4.69) is 20.6 Å². The molecule has 8 heteroatoms. The standard InChI is InChI=1S/C18H16BFN4O2/c1-11-9-21-18(24-17(11)22-13-5-3-2-4-6-13)23-14-7-12-10-26-19(25)16(12)15(20)8-14/h2-9,25H,10H2,1H3,(H2,21,22,23,24). The minimum absolute atomic E-state index is 0.165. The number of anilines is 4. The van der Waals surface area contributed by atoms with Crippen LogP contribution in [0.1, 0.15) is 11.1 Å². The first-order valence-electron chi connectivity index (χ1n) is 8.15. The largest absolute Gasteiger partial charge is 0.494 e. The van der Waals surface area contributed by atoms with Crippen molar-refractivity contribution in [3.05, 3.63) is 65.6 Å². The lowest BCUT2D eigenvalue weighted by molar-refractivity contribution is 0.275. The average molecular weight is 350 g/mol.